The summed E-state index contributed by atoms with van der Waals surface area (Å²) in [6, 6.07) is 0. The molecule has 0 fully saturated rings. The van der Waals surface area contributed by atoms with Crippen LogP contribution in [0.1, 0.15) is 18.9 Å². The third-order valence-electron chi connectivity index (χ3n) is 2.09. The Morgan fingerprint density at radius 2 is 2.43 bits per heavy atom. The summed E-state index contributed by atoms with van der Waals surface area (Å²) in [6.45, 7) is 2.57. The normalized spacial score (nSPS) is 15.4. The molecule has 0 saturated heterocycles. The standard InChI is InChI=1S/C9H17N3OS/c1-8(3-4-10)14(13)7-9-5-11-12(2)6-9/h5-6,8H,3-4,7,10H2,1-2H3. The lowest BCUT2D eigenvalue weighted by atomic mass is 10.3. The van der Waals surface area contributed by atoms with Crippen molar-refractivity contribution in [3.63, 3.8) is 0 Å². The largest absolute Gasteiger partial charge is 0.330 e. The number of aromatic nitrogens is 2. The van der Waals surface area contributed by atoms with E-state index in [1.54, 1.807) is 10.9 Å². The van der Waals surface area contributed by atoms with Crippen LogP contribution in [-0.4, -0.2) is 25.8 Å². The van der Waals surface area contributed by atoms with Crippen molar-refractivity contribution in [3.8, 4) is 0 Å². The van der Waals surface area contributed by atoms with E-state index < -0.39 is 10.8 Å². The molecule has 0 radical (unpaired) electrons. The number of nitrogens with two attached hydrogens (primary N) is 1. The topological polar surface area (TPSA) is 60.9 Å². The summed E-state index contributed by atoms with van der Waals surface area (Å²) in [5.41, 5.74) is 6.44. The van der Waals surface area contributed by atoms with E-state index >= 15 is 0 Å². The van der Waals surface area contributed by atoms with Gasteiger partial charge in [0.05, 0.1) is 11.9 Å². The molecule has 1 aromatic rings. The molecule has 2 atom stereocenters. The van der Waals surface area contributed by atoms with Gasteiger partial charge in [0.1, 0.15) is 0 Å². The Kier molecular flexibility index (Phi) is 4.28. The zero-order valence-electron chi connectivity index (χ0n) is 8.64. The maximum atomic E-state index is 11.7. The SMILES string of the molecule is CC(CCN)S(=O)Cc1cnn(C)c1. The van der Waals surface area contributed by atoms with Crippen LogP contribution in [0.2, 0.25) is 0 Å². The van der Waals surface area contributed by atoms with E-state index in [1.165, 1.54) is 0 Å². The predicted octanol–water partition coefficient (Wildman–Crippen LogP) is 0.406. The Hall–Kier alpha value is -0.680. The summed E-state index contributed by atoms with van der Waals surface area (Å²) in [4.78, 5) is 0. The van der Waals surface area contributed by atoms with E-state index in [0.717, 1.165) is 12.0 Å². The predicted molar refractivity (Wildman–Crippen MR) is 58.2 cm³/mol. The summed E-state index contributed by atoms with van der Waals surface area (Å²) in [5.74, 6) is 0.578. The average molecular weight is 215 g/mol. The van der Waals surface area contributed by atoms with Gasteiger partial charge < -0.3 is 5.73 Å². The van der Waals surface area contributed by atoms with E-state index in [0.29, 0.717) is 12.3 Å². The number of hydrogen-bond acceptors (Lipinski definition) is 3. The molecule has 1 rings (SSSR count). The lowest BCUT2D eigenvalue weighted by Crippen LogP contribution is -2.17. The molecule has 0 aromatic carbocycles. The highest BCUT2D eigenvalue weighted by Crippen LogP contribution is 2.08. The van der Waals surface area contributed by atoms with Gasteiger partial charge in [-0.05, 0) is 13.0 Å². The molecule has 80 valence electrons. The fraction of sp³-hybridized carbons (Fsp3) is 0.667. The van der Waals surface area contributed by atoms with Crippen LogP contribution in [0, 0.1) is 0 Å². The Labute approximate surface area is 86.9 Å². The van der Waals surface area contributed by atoms with Crippen molar-refractivity contribution in [2.24, 2.45) is 12.8 Å². The molecule has 14 heavy (non-hydrogen) atoms. The minimum atomic E-state index is -0.836. The van der Waals surface area contributed by atoms with Crippen LogP contribution in [0.3, 0.4) is 0 Å². The van der Waals surface area contributed by atoms with Gasteiger partial charge in [-0.2, -0.15) is 5.10 Å². The molecule has 4 nitrogen and oxygen atoms in total. The molecule has 1 heterocycles. The molecular weight excluding hydrogens is 198 g/mol. The van der Waals surface area contributed by atoms with Crippen molar-refractivity contribution in [1.29, 1.82) is 0 Å². The van der Waals surface area contributed by atoms with Crippen LogP contribution in [0.15, 0.2) is 12.4 Å². The zero-order valence-corrected chi connectivity index (χ0v) is 9.46. The van der Waals surface area contributed by atoms with Crippen molar-refractivity contribution in [1.82, 2.24) is 9.78 Å². The maximum Gasteiger partial charge on any atom is 0.0531 e. The van der Waals surface area contributed by atoms with Gasteiger partial charge >= 0.3 is 0 Å². The molecule has 0 amide bonds. The smallest absolute Gasteiger partial charge is 0.0531 e. The summed E-state index contributed by atoms with van der Waals surface area (Å²) in [7, 11) is 1.02. The molecule has 2 N–H and O–H groups in total. The fourth-order valence-electron chi connectivity index (χ4n) is 1.22. The van der Waals surface area contributed by atoms with Crippen LogP contribution in [0.25, 0.3) is 0 Å². The van der Waals surface area contributed by atoms with Crippen LogP contribution in [-0.2, 0) is 23.6 Å². The number of aryl methyl sites for hydroxylation is 1. The Morgan fingerprint density at radius 1 is 1.71 bits per heavy atom. The summed E-state index contributed by atoms with van der Waals surface area (Å²) < 4.78 is 13.5. The lowest BCUT2D eigenvalue weighted by molar-refractivity contribution is 0.665. The first-order valence-corrected chi connectivity index (χ1v) is 6.06. The second kappa shape index (κ2) is 5.26. The molecule has 0 spiro atoms. The zero-order chi connectivity index (χ0) is 10.6. The van der Waals surface area contributed by atoms with Crippen LogP contribution < -0.4 is 5.73 Å². The van der Waals surface area contributed by atoms with Gasteiger partial charge in [0.2, 0.25) is 0 Å². The molecule has 0 aliphatic carbocycles. The van der Waals surface area contributed by atoms with Gasteiger partial charge in [0, 0.05) is 34.9 Å². The molecule has 0 aliphatic rings. The molecule has 5 heteroatoms. The van der Waals surface area contributed by atoms with Crippen LogP contribution >= 0.6 is 0 Å². The first-order valence-electron chi connectivity index (χ1n) is 4.68. The minimum absolute atomic E-state index is 0.167. The van der Waals surface area contributed by atoms with Gasteiger partial charge in [0.15, 0.2) is 0 Å². The Bertz CT molecular complexity index is 311. The second-order valence-corrected chi connectivity index (χ2v) is 5.29. The number of hydrogen-bond donors (Lipinski definition) is 1. The molecule has 1 aromatic heterocycles. The van der Waals surface area contributed by atoms with E-state index in [9.17, 15) is 4.21 Å². The molecule has 0 aliphatic heterocycles. The van der Waals surface area contributed by atoms with Crippen molar-refractivity contribution < 1.29 is 4.21 Å². The van der Waals surface area contributed by atoms with Gasteiger partial charge in [-0.3, -0.25) is 8.89 Å². The minimum Gasteiger partial charge on any atom is -0.330 e. The van der Waals surface area contributed by atoms with E-state index in [4.69, 9.17) is 5.73 Å². The molecule has 2 unspecified atom stereocenters. The van der Waals surface area contributed by atoms with E-state index in [1.807, 2.05) is 20.2 Å². The third-order valence-corrected chi connectivity index (χ3v) is 3.84. The van der Waals surface area contributed by atoms with Crippen LogP contribution in [0.5, 0.6) is 0 Å². The Morgan fingerprint density at radius 3 is 2.93 bits per heavy atom. The highest BCUT2D eigenvalue weighted by molar-refractivity contribution is 7.84. The number of rotatable bonds is 5. The average Bonchev–Trinajstić information content (AvgIpc) is 2.51. The van der Waals surface area contributed by atoms with E-state index in [-0.39, 0.29) is 5.25 Å². The van der Waals surface area contributed by atoms with Gasteiger partial charge in [0.25, 0.3) is 0 Å². The number of nitrogens with zero attached hydrogens (tertiary/aromatic N) is 2. The molecular formula is C9H17N3OS. The lowest BCUT2D eigenvalue weighted by Gasteiger charge is -2.08. The van der Waals surface area contributed by atoms with Crippen molar-refractivity contribution in [2.75, 3.05) is 6.54 Å². The quantitative estimate of drug-likeness (QED) is 0.773. The molecule has 0 bridgehead atoms. The van der Waals surface area contributed by atoms with Crippen molar-refractivity contribution in [2.45, 2.75) is 24.3 Å². The highest BCUT2D eigenvalue weighted by atomic mass is 32.2. The van der Waals surface area contributed by atoms with Gasteiger partial charge in [-0.15, -0.1) is 0 Å². The first-order chi connectivity index (χ1) is 6.63. The van der Waals surface area contributed by atoms with Crippen LogP contribution in [0.4, 0.5) is 0 Å². The van der Waals surface area contributed by atoms with Gasteiger partial charge in [-0.1, -0.05) is 6.92 Å². The summed E-state index contributed by atoms with van der Waals surface area (Å²) in [5, 5.41) is 4.20. The third kappa shape index (κ3) is 3.23. The van der Waals surface area contributed by atoms with Crippen molar-refractivity contribution in [3.05, 3.63) is 18.0 Å². The van der Waals surface area contributed by atoms with Gasteiger partial charge in [-0.25, -0.2) is 0 Å². The monoisotopic (exact) mass is 215 g/mol. The maximum absolute atomic E-state index is 11.7. The second-order valence-electron chi connectivity index (χ2n) is 3.44. The summed E-state index contributed by atoms with van der Waals surface area (Å²) in [6.07, 6.45) is 4.47. The highest BCUT2D eigenvalue weighted by Gasteiger charge is 2.11. The van der Waals surface area contributed by atoms with Crippen molar-refractivity contribution >= 4 is 10.8 Å². The molecule has 0 saturated carbocycles. The fourth-order valence-corrected chi connectivity index (χ4v) is 2.38. The van der Waals surface area contributed by atoms with E-state index in [2.05, 4.69) is 5.10 Å². The Balaban J connectivity index is 2.48. The first kappa shape index (κ1) is 11.4. The summed E-state index contributed by atoms with van der Waals surface area (Å²) >= 11 is 0.